The van der Waals surface area contributed by atoms with Gasteiger partial charge in [0.05, 0.1) is 12.2 Å². The van der Waals surface area contributed by atoms with E-state index in [0.29, 0.717) is 17.3 Å². The summed E-state index contributed by atoms with van der Waals surface area (Å²) >= 11 is 7.30. The van der Waals surface area contributed by atoms with Gasteiger partial charge in [0.2, 0.25) is 0 Å². The summed E-state index contributed by atoms with van der Waals surface area (Å²) in [5.41, 5.74) is 5.07. The van der Waals surface area contributed by atoms with Crippen LogP contribution in [0.1, 0.15) is 40.4 Å². The van der Waals surface area contributed by atoms with Crippen LogP contribution in [-0.4, -0.2) is 30.0 Å². The standard InChI is InChI=1S/C22H28N2O2S2/c1-4-26-21(25)19-9-10-20(17(3)14-19)24-22(27)23-11-6-12-28-15-18-8-5-7-16(2)13-18/h5,7-10,13-14H,4,6,11-12,15H2,1-3H3,(H2,23,24,27). The van der Waals surface area contributed by atoms with Gasteiger partial charge >= 0.3 is 5.97 Å². The van der Waals surface area contributed by atoms with Crippen LogP contribution >= 0.6 is 24.0 Å². The van der Waals surface area contributed by atoms with Crippen molar-refractivity contribution in [3.05, 3.63) is 64.7 Å². The molecule has 0 heterocycles. The van der Waals surface area contributed by atoms with Crippen LogP contribution in [0.2, 0.25) is 0 Å². The molecule has 0 fully saturated rings. The van der Waals surface area contributed by atoms with Crippen LogP contribution in [-0.2, 0) is 10.5 Å². The Hall–Kier alpha value is -2.05. The SMILES string of the molecule is CCOC(=O)c1ccc(NC(=S)NCCCSCc2cccc(C)c2)c(C)c1. The van der Waals surface area contributed by atoms with E-state index in [1.54, 1.807) is 13.0 Å². The highest BCUT2D eigenvalue weighted by atomic mass is 32.2. The molecule has 6 heteroatoms. The maximum absolute atomic E-state index is 11.8. The molecule has 0 aromatic heterocycles. The second-order valence-corrected chi connectivity index (χ2v) is 8.04. The average Bonchev–Trinajstić information content (AvgIpc) is 2.66. The van der Waals surface area contributed by atoms with Crippen LogP contribution in [0, 0.1) is 13.8 Å². The van der Waals surface area contributed by atoms with E-state index in [2.05, 4.69) is 41.8 Å². The van der Waals surface area contributed by atoms with Gasteiger partial charge in [0, 0.05) is 18.0 Å². The Morgan fingerprint density at radius 3 is 2.71 bits per heavy atom. The van der Waals surface area contributed by atoms with E-state index in [9.17, 15) is 4.79 Å². The quantitative estimate of drug-likeness (QED) is 0.337. The Kier molecular flexibility index (Phi) is 9.31. The number of benzene rings is 2. The fourth-order valence-corrected chi connectivity index (χ4v) is 3.80. The lowest BCUT2D eigenvalue weighted by Gasteiger charge is -2.13. The largest absolute Gasteiger partial charge is 0.462 e. The fraction of sp³-hybridized carbons (Fsp3) is 0.364. The minimum Gasteiger partial charge on any atom is -0.462 e. The summed E-state index contributed by atoms with van der Waals surface area (Å²) < 4.78 is 5.02. The van der Waals surface area contributed by atoms with Gasteiger partial charge in [0.15, 0.2) is 5.11 Å². The van der Waals surface area contributed by atoms with E-state index in [1.807, 2.05) is 30.8 Å². The Bertz CT molecular complexity index is 809. The number of aryl methyl sites for hydroxylation is 2. The number of thioether (sulfide) groups is 1. The summed E-state index contributed by atoms with van der Waals surface area (Å²) in [5, 5.41) is 7.03. The van der Waals surface area contributed by atoms with Crippen molar-refractivity contribution >= 4 is 40.7 Å². The van der Waals surface area contributed by atoms with Crippen molar-refractivity contribution in [2.75, 3.05) is 24.2 Å². The number of thiocarbonyl (C=S) groups is 1. The fourth-order valence-electron chi connectivity index (χ4n) is 2.68. The zero-order chi connectivity index (χ0) is 20.4. The van der Waals surface area contributed by atoms with Crippen molar-refractivity contribution in [3.63, 3.8) is 0 Å². The summed E-state index contributed by atoms with van der Waals surface area (Å²) in [6.45, 7) is 7.06. The van der Waals surface area contributed by atoms with Gasteiger partial charge in [-0.15, -0.1) is 0 Å². The smallest absolute Gasteiger partial charge is 0.338 e. The molecule has 28 heavy (non-hydrogen) atoms. The van der Waals surface area contributed by atoms with Crippen molar-refractivity contribution in [2.45, 2.75) is 32.9 Å². The Morgan fingerprint density at radius 1 is 1.18 bits per heavy atom. The van der Waals surface area contributed by atoms with E-state index in [1.165, 1.54) is 11.1 Å². The third-order valence-electron chi connectivity index (χ3n) is 4.09. The van der Waals surface area contributed by atoms with Gasteiger partial charge in [-0.05, 0) is 74.5 Å². The van der Waals surface area contributed by atoms with Crippen LogP contribution in [0.3, 0.4) is 0 Å². The molecule has 4 nitrogen and oxygen atoms in total. The van der Waals surface area contributed by atoms with E-state index in [0.717, 1.165) is 35.7 Å². The average molecular weight is 417 g/mol. The second-order valence-electron chi connectivity index (χ2n) is 6.53. The van der Waals surface area contributed by atoms with E-state index >= 15 is 0 Å². The van der Waals surface area contributed by atoms with Gasteiger partial charge in [-0.3, -0.25) is 0 Å². The van der Waals surface area contributed by atoms with Crippen molar-refractivity contribution in [3.8, 4) is 0 Å². The highest BCUT2D eigenvalue weighted by Crippen LogP contribution is 2.17. The van der Waals surface area contributed by atoms with Gasteiger partial charge < -0.3 is 15.4 Å². The van der Waals surface area contributed by atoms with E-state index < -0.39 is 0 Å². The van der Waals surface area contributed by atoms with Crippen LogP contribution in [0.4, 0.5) is 5.69 Å². The number of esters is 1. The summed E-state index contributed by atoms with van der Waals surface area (Å²) in [7, 11) is 0. The molecule has 0 aliphatic rings. The number of rotatable bonds is 9. The van der Waals surface area contributed by atoms with Crippen LogP contribution in [0.25, 0.3) is 0 Å². The number of hydrogen-bond donors (Lipinski definition) is 2. The molecule has 0 bridgehead atoms. The highest BCUT2D eigenvalue weighted by Gasteiger charge is 2.09. The predicted molar refractivity (Wildman–Crippen MR) is 123 cm³/mol. The molecule has 0 unspecified atom stereocenters. The zero-order valence-electron chi connectivity index (χ0n) is 16.7. The molecule has 0 aliphatic carbocycles. The number of hydrogen-bond acceptors (Lipinski definition) is 4. The van der Waals surface area contributed by atoms with Crippen molar-refractivity contribution < 1.29 is 9.53 Å². The normalized spacial score (nSPS) is 10.4. The van der Waals surface area contributed by atoms with E-state index in [-0.39, 0.29) is 5.97 Å². The van der Waals surface area contributed by atoms with Crippen LogP contribution in [0.5, 0.6) is 0 Å². The summed E-state index contributed by atoms with van der Waals surface area (Å²) in [5.74, 6) is 1.81. The molecule has 0 atom stereocenters. The first-order chi connectivity index (χ1) is 13.5. The molecule has 2 aromatic rings. The number of nitrogens with one attached hydrogen (secondary N) is 2. The predicted octanol–water partition coefficient (Wildman–Crippen LogP) is 5.09. The third kappa shape index (κ3) is 7.52. The summed E-state index contributed by atoms with van der Waals surface area (Å²) in [4.78, 5) is 11.8. The van der Waals surface area contributed by atoms with Crippen molar-refractivity contribution in [2.24, 2.45) is 0 Å². The van der Waals surface area contributed by atoms with E-state index in [4.69, 9.17) is 17.0 Å². The van der Waals surface area contributed by atoms with Gasteiger partial charge in [-0.2, -0.15) is 11.8 Å². The summed E-state index contributed by atoms with van der Waals surface area (Å²) in [6.07, 6.45) is 1.04. The zero-order valence-corrected chi connectivity index (χ0v) is 18.3. The molecular weight excluding hydrogens is 388 g/mol. The van der Waals surface area contributed by atoms with Crippen LogP contribution in [0.15, 0.2) is 42.5 Å². The number of ether oxygens (including phenoxy) is 1. The molecular formula is C22H28N2O2S2. The van der Waals surface area contributed by atoms with Crippen LogP contribution < -0.4 is 10.6 Å². The molecule has 0 radical (unpaired) electrons. The highest BCUT2D eigenvalue weighted by molar-refractivity contribution is 7.98. The molecule has 0 saturated heterocycles. The molecule has 150 valence electrons. The van der Waals surface area contributed by atoms with Gasteiger partial charge in [-0.1, -0.05) is 29.8 Å². The Morgan fingerprint density at radius 2 is 2.00 bits per heavy atom. The Labute approximate surface area is 177 Å². The molecule has 2 N–H and O–H groups in total. The lowest BCUT2D eigenvalue weighted by atomic mass is 10.1. The van der Waals surface area contributed by atoms with Crippen molar-refractivity contribution in [1.29, 1.82) is 0 Å². The first kappa shape index (κ1) is 22.2. The second kappa shape index (κ2) is 11.7. The molecule has 0 aliphatic heterocycles. The number of carbonyl (C=O) groups excluding carboxylic acids is 1. The Balaban J connectivity index is 1.67. The first-order valence-corrected chi connectivity index (χ1v) is 11.0. The molecule has 2 rings (SSSR count). The number of carbonyl (C=O) groups is 1. The minimum absolute atomic E-state index is 0.305. The molecule has 2 aromatic carbocycles. The lowest BCUT2D eigenvalue weighted by Crippen LogP contribution is -2.29. The topological polar surface area (TPSA) is 50.4 Å². The lowest BCUT2D eigenvalue weighted by molar-refractivity contribution is 0.0526. The monoisotopic (exact) mass is 416 g/mol. The molecule has 0 saturated carbocycles. The third-order valence-corrected chi connectivity index (χ3v) is 5.45. The molecule has 0 spiro atoms. The molecule has 0 amide bonds. The number of anilines is 1. The van der Waals surface area contributed by atoms with Gasteiger partial charge in [0.25, 0.3) is 0 Å². The van der Waals surface area contributed by atoms with Gasteiger partial charge in [0.1, 0.15) is 0 Å². The van der Waals surface area contributed by atoms with Crippen molar-refractivity contribution in [1.82, 2.24) is 5.32 Å². The maximum atomic E-state index is 11.8. The summed E-state index contributed by atoms with van der Waals surface area (Å²) in [6, 6.07) is 14.1. The first-order valence-electron chi connectivity index (χ1n) is 9.45. The maximum Gasteiger partial charge on any atom is 0.338 e. The van der Waals surface area contributed by atoms with Gasteiger partial charge in [-0.25, -0.2) is 4.79 Å². The minimum atomic E-state index is -0.305.